The minimum absolute atomic E-state index is 0.260. The van der Waals surface area contributed by atoms with Gasteiger partial charge in [0.25, 0.3) is 5.91 Å². The van der Waals surface area contributed by atoms with E-state index in [1.165, 1.54) is 6.07 Å². The number of para-hydroxylation sites is 1. The summed E-state index contributed by atoms with van der Waals surface area (Å²) in [6, 6.07) is 23.2. The molecule has 0 heterocycles. The van der Waals surface area contributed by atoms with Gasteiger partial charge in [0.2, 0.25) is 0 Å². The van der Waals surface area contributed by atoms with Gasteiger partial charge in [-0.3, -0.25) is 9.59 Å². The fourth-order valence-electron chi connectivity index (χ4n) is 2.46. The largest absolute Gasteiger partial charge is 0.356 e. The van der Waals surface area contributed by atoms with Gasteiger partial charge in [-0.2, -0.15) is 5.26 Å². The summed E-state index contributed by atoms with van der Waals surface area (Å²) in [5, 5.41) is 14.8. The Morgan fingerprint density at radius 2 is 1.69 bits per heavy atom. The van der Waals surface area contributed by atoms with Crippen molar-refractivity contribution >= 4 is 29.3 Å². The molecule has 3 aromatic rings. The van der Waals surface area contributed by atoms with Crippen molar-refractivity contribution in [1.29, 1.82) is 5.26 Å². The molecule has 126 valence electrons. The summed E-state index contributed by atoms with van der Waals surface area (Å²) in [7, 11) is 0. The van der Waals surface area contributed by atoms with E-state index in [9.17, 15) is 9.59 Å². The molecule has 0 aliphatic carbocycles. The van der Waals surface area contributed by atoms with E-state index in [1.807, 2.05) is 42.5 Å². The van der Waals surface area contributed by atoms with Crippen LogP contribution in [0.1, 0.15) is 26.3 Å². The molecule has 26 heavy (non-hydrogen) atoms. The molecular formula is C21H15N3O2. The maximum Gasteiger partial charge on any atom is 0.255 e. The van der Waals surface area contributed by atoms with E-state index in [2.05, 4.69) is 10.6 Å². The SMILES string of the molecule is N#Cc1ccc(NC(=O)c2cccc(Nc3ccccc3)c2)c(C=O)c1. The molecule has 3 rings (SSSR count). The summed E-state index contributed by atoms with van der Waals surface area (Å²) in [5.41, 5.74) is 3.13. The summed E-state index contributed by atoms with van der Waals surface area (Å²) in [6.07, 6.45) is 0.615. The zero-order chi connectivity index (χ0) is 18.4. The maximum atomic E-state index is 12.5. The normalized spacial score (nSPS) is 9.81. The molecule has 0 saturated heterocycles. The van der Waals surface area contributed by atoms with Crippen molar-refractivity contribution in [3.63, 3.8) is 0 Å². The fourth-order valence-corrected chi connectivity index (χ4v) is 2.46. The second kappa shape index (κ2) is 7.77. The van der Waals surface area contributed by atoms with Crippen LogP contribution in [0.25, 0.3) is 0 Å². The van der Waals surface area contributed by atoms with Gasteiger partial charge in [0.15, 0.2) is 6.29 Å². The smallest absolute Gasteiger partial charge is 0.255 e. The van der Waals surface area contributed by atoms with Crippen LogP contribution < -0.4 is 10.6 Å². The van der Waals surface area contributed by atoms with Gasteiger partial charge in [-0.05, 0) is 48.5 Å². The van der Waals surface area contributed by atoms with E-state index in [0.717, 1.165) is 11.4 Å². The average molecular weight is 341 g/mol. The van der Waals surface area contributed by atoms with Crippen molar-refractivity contribution in [3.8, 4) is 6.07 Å². The van der Waals surface area contributed by atoms with Crippen molar-refractivity contribution in [2.45, 2.75) is 0 Å². The Bertz CT molecular complexity index is 992. The van der Waals surface area contributed by atoms with Crippen LogP contribution in [0.3, 0.4) is 0 Å². The first-order chi connectivity index (χ1) is 12.7. The molecule has 0 aliphatic rings. The van der Waals surface area contributed by atoms with Crippen molar-refractivity contribution in [3.05, 3.63) is 89.5 Å². The van der Waals surface area contributed by atoms with Crippen molar-refractivity contribution in [2.75, 3.05) is 10.6 Å². The third kappa shape index (κ3) is 3.94. The van der Waals surface area contributed by atoms with Gasteiger partial charge >= 0.3 is 0 Å². The van der Waals surface area contributed by atoms with Gasteiger partial charge in [0.05, 0.1) is 17.3 Å². The summed E-state index contributed by atoms with van der Waals surface area (Å²) < 4.78 is 0. The van der Waals surface area contributed by atoms with Crippen molar-refractivity contribution in [2.24, 2.45) is 0 Å². The van der Waals surface area contributed by atoms with Gasteiger partial charge in [0, 0.05) is 22.5 Å². The van der Waals surface area contributed by atoms with Crippen LogP contribution in [0.5, 0.6) is 0 Å². The monoisotopic (exact) mass is 341 g/mol. The Morgan fingerprint density at radius 3 is 2.42 bits per heavy atom. The molecule has 2 N–H and O–H groups in total. The fraction of sp³-hybridized carbons (Fsp3) is 0. The first kappa shape index (κ1) is 16.9. The van der Waals surface area contributed by atoms with Crippen LogP contribution in [0.15, 0.2) is 72.8 Å². The molecule has 0 aliphatic heterocycles. The van der Waals surface area contributed by atoms with Crippen LogP contribution in [0.4, 0.5) is 17.1 Å². The van der Waals surface area contributed by atoms with Gasteiger partial charge in [0.1, 0.15) is 0 Å². The quantitative estimate of drug-likeness (QED) is 0.675. The predicted octanol–water partition coefficient (Wildman–Crippen LogP) is 4.37. The third-order valence-electron chi connectivity index (χ3n) is 3.74. The second-order valence-corrected chi connectivity index (χ2v) is 5.56. The molecule has 0 saturated carbocycles. The van der Waals surface area contributed by atoms with Crippen molar-refractivity contribution in [1.82, 2.24) is 0 Å². The Balaban J connectivity index is 1.79. The van der Waals surface area contributed by atoms with E-state index in [0.29, 0.717) is 23.1 Å². The highest BCUT2D eigenvalue weighted by Crippen LogP contribution is 2.20. The van der Waals surface area contributed by atoms with Crippen LogP contribution >= 0.6 is 0 Å². The Morgan fingerprint density at radius 1 is 0.923 bits per heavy atom. The van der Waals surface area contributed by atoms with E-state index in [1.54, 1.807) is 30.3 Å². The lowest BCUT2D eigenvalue weighted by Gasteiger charge is -2.10. The predicted molar refractivity (Wildman–Crippen MR) is 101 cm³/mol. The highest BCUT2D eigenvalue weighted by atomic mass is 16.1. The van der Waals surface area contributed by atoms with Crippen LogP contribution in [-0.2, 0) is 0 Å². The molecule has 0 unspecified atom stereocenters. The second-order valence-electron chi connectivity index (χ2n) is 5.56. The molecule has 0 radical (unpaired) electrons. The first-order valence-corrected chi connectivity index (χ1v) is 7.92. The first-order valence-electron chi connectivity index (χ1n) is 7.92. The Hall–Kier alpha value is -3.91. The molecule has 0 fully saturated rings. The minimum Gasteiger partial charge on any atom is -0.356 e. The highest BCUT2D eigenvalue weighted by Gasteiger charge is 2.10. The maximum absolute atomic E-state index is 12.5. The lowest BCUT2D eigenvalue weighted by atomic mass is 10.1. The van der Waals surface area contributed by atoms with E-state index in [-0.39, 0.29) is 11.5 Å². The summed E-state index contributed by atoms with van der Waals surface area (Å²) >= 11 is 0. The van der Waals surface area contributed by atoms with Gasteiger partial charge in [-0.25, -0.2) is 0 Å². The van der Waals surface area contributed by atoms with Crippen LogP contribution in [-0.4, -0.2) is 12.2 Å². The molecule has 0 bridgehead atoms. The minimum atomic E-state index is -0.338. The van der Waals surface area contributed by atoms with Gasteiger partial charge in [-0.15, -0.1) is 0 Å². The number of nitrogens with zero attached hydrogens (tertiary/aromatic N) is 1. The number of carbonyl (C=O) groups excluding carboxylic acids is 2. The third-order valence-corrected chi connectivity index (χ3v) is 3.74. The van der Waals surface area contributed by atoms with E-state index < -0.39 is 0 Å². The number of amides is 1. The summed E-state index contributed by atoms with van der Waals surface area (Å²) in [4.78, 5) is 23.7. The molecule has 0 atom stereocenters. The lowest BCUT2D eigenvalue weighted by molar-refractivity contribution is 0.102. The molecule has 0 spiro atoms. The lowest BCUT2D eigenvalue weighted by Crippen LogP contribution is -2.13. The number of nitrogens with one attached hydrogen (secondary N) is 2. The van der Waals surface area contributed by atoms with Gasteiger partial charge in [-0.1, -0.05) is 24.3 Å². The Kier molecular flexibility index (Phi) is 5.06. The topological polar surface area (TPSA) is 82.0 Å². The average Bonchev–Trinajstić information content (AvgIpc) is 2.69. The molecule has 5 nitrogen and oxygen atoms in total. The number of hydrogen-bond acceptors (Lipinski definition) is 4. The summed E-state index contributed by atoms with van der Waals surface area (Å²) in [6.45, 7) is 0. The number of anilines is 3. The van der Waals surface area contributed by atoms with Gasteiger partial charge < -0.3 is 10.6 Å². The molecule has 1 amide bonds. The molecule has 0 aromatic heterocycles. The Labute approximate surface area is 150 Å². The van der Waals surface area contributed by atoms with Crippen LogP contribution in [0.2, 0.25) is 0 Å². The number of rotatable bonds is 5. The molecule has 3 aromatic carbocycles. The standard InChI is InChI=1S/C21H15N3O2/c22-13-15-9-10-20(17(11-15)14-25)24-21(26)16-5-4-8-19(12-16)23-18-6-2-1-3-7-18/h1-12,14,23H,(H,24,26). The zero-order valence-corrected chi connectivity index (χ0v) is 13.8. The molecule has 5 heteroatoms. The summed E-state index contributed by atoms with van der Waals surface area (Å²) in [5.74, 6) is -0.338. The highest BCUT2D eigenvalue weighted by molar-refractivity contribution is 6.07. The molecular weight excluding hydrogens is 326 g/mol. The van der Waals surface area contributed by atoms with E-state index >= 15 is 0 Å². The van der Waals surface area contributed by atoms with Crippen LogP contribution in [0, 0.1) is 11.3 Å². The number of aldehydes is 1. The number of benzene rings is 3. The number of hydrogen-bond donors (Lipinski definition) is 2. The van der Waals surface area contributed by atoms with E-state index in [4.69, 9.17) is 5.26 Å². The number of carbonyl (C=O) groups is 2. The number of nitriles is 1. The van der Waals surface area contributed by atoms with Crippen molar-refractivity contribution < 1.29 is 9.59 Å². The zero-order valence-electron chi connectivity index (χ0n) is 13.8.